The van der Waals surface area contributed by atoms with Crippen molar-refractivity contribution in [3.63, 3.8) is 0 Å². The third-order valence-electron chi connectivity index (χ3n) is 4.98. The molecule has 0 spiro atoms. The number of carboxylic acid groups (broad SMARTS) is 1. The molecule has 1 aromatic carbocycles. The average molecular weight is 524 g/mol. The molecule has 0 saturated carbocycles. The summed E-state index contributed by atoms with van der Waals surface area (Å²) in [6.07, 6.45) is 2.24. The van der Waals surface area contributed by atoms with Gasteiger partial charge in [0.05, 0.1) is 31.3 Å². The third-order valence-corrected chi connectivity index (χ3v) is 7.19. The number of pyridine rings is 1. The van der Waals surface area contributed by atoms with Crippen LogP contribution in [0.25, 0.3) is 10.9 Å². The number of H-pyrrole nitrogens is 1. The lowest BCUT2D eigenvalue weighted by Gasteiger charge is -2.11. The van der Waals surface area contributed by atoms with Crippen LogP contribution >= 0.6 is 11.8 Å². The van der Waals surface area contributed by atoms with Crippen molar-refractivity contribution in [1.29, 1.82) is 0 Å². The molecule has 0 radical (unpaired) electrons. The first-order chi connectivity index (χ1) is 16.7. The Kier molecular flexibility index (Phi) is 7.28. The Hall–Kier alpha value is -3.16. The van der Waals surface area contributed by atoms with Gasteiger partial charge in [-0.15, -0.1) is 0 Å². The second-order valence-corrected chi connectivity index (χ2v) is 10.9. The number of aromatic amines is 1. The molecule has 0 aliphatic carbocycles. The number of aliphatic carboxylic acids is 1. The van der Waals surface area contributed by atoms with Crippen LogP contribution in [0.3, 0.4) is 0 Å². The van der Waals surface area contributed by atoms with E-state index >= 15 is 4.39 Å². The molecule has 10 nitrogen and oxygen atoms in total. The zero-order valence-electron chi connectivity index (χ0n) is 18.8. The summed E-state index contributed by atoms with van der Waals surface area (Å²) in [5.41, 5.74) is 0.530. The molecule has 186 valence electrons. The fraction of sp³-hybridized carbons (Fsp3) is 0.318. The highest BCUT2D eigenvalue weighted by atomic mass is 32.2. The largest absolute Gasteiger partial charge is 0.489 e. The number of fused-ring (bicyclic) bond motifs is 1. The predicted octanol–water partition coefficient (Wildman–Crippen LogP) is 3.26. The van der Waals surface area contributed by atoms with Crippen molar-refractivity contribution >= 4 is 43.5 Å². The van der Waals surface area contributed by atoms with Gasteiger partial charge in [0.15, 0.2) is 20.7 Å². The quantitative estimate of drug-likeness (QED) is 0.383. The number of ether oxygens (including phenoxy) is 3. The van der Waals surface area contributed by atoms with Crippen LogP contribution in [0.2, 0.25) is 0 Å². The Morgan fingerprint density at radius 3 is 2.74 bits per heavy atom. The lowest BCUT2D eigenvalue weighted by molar-refractivity contribution is -0.136. The van der Waals surface area contributed by atoms with Crippen LogP contribution in [0, 0.1) is 5.82 Å². The standard InChI is InChI=1S/C22H22FN3O7S2/c1-31-5-6-32-16-8-13(33-12-3-4-17(24-10-12)35(2,29)30)7-15-19(23)21(26-20(15)16)22-25-11-14(34-22)9-18(27)28/h3-4,7-8,10,14,26H,5-6,9,11H2,1-2H3,(H,27,28). The van der Waals surface area contributed by atoms with E-state index in [-0.39, 0.29) is 52.4 Å². The van der Waals surface area contributed by atoms with Crippen LogP contribution in [-0.4, -0.2) is 72.9 Å². The van der Waals surface area contributed by atoms with Crippen molar-refractivity contribution in [2.45, 2.75) is 16.7 Å². The molecule has 4 rings (SSSR count). The Morgan fingerprint density at radius 2 is 2.09 bits per heavy atom. The van der Waals surface area contributed by atoms with E-state index in [1.165, 1.54) is 43.3 Å². The Morgan fingerprint density at radius 1 is 1.29 bits per heavy atom. The second-order valence-electron chi connectivity index (χ2n) is 7.69. The summed E-state index contributed by atoms with van der Waals surface area (Å²) in [5.74, 6) is -0.706. The molecule has 1 atom stereocenters. The minimum Gasteiger partial charge on any atom is -0.489 e. The fourth-order valence-electron chi connectivity index (χ4n) is 3.40. The number of benzene rings is 1. The maximum absolute atomic E-state index is 15.5. The highest BCUT2D eigenvalue weighted by Crippen LogP contribution is 2.38. The van der Waals surface area contributed by atoms with Gasteiger partial charge in [-0.1, -0.05) is 11.8 Å². The zero-order valence-corrected chi connectivity index (χ0v) is 20.4. The fourth-order valence-corrected chi connectivity index (χ4v) is 5.06. The van der Waals surface area contributed by atoms with Gasteiger partial charge in [0.2, 0.25) is 0 Å². The van der Waals surface area contributed by atoms with Crippen LogP contribution in [0.5, 0.6) is 17.2 Å². The molecule has 1 aliphatic rings. The van der Waals surface area contributed by atoms with E-state index in [0.717, 1.165) is 6.26 Å². The molecule has 1 aliphatic heterocycles. The van der Waals surface area contributed by atoms with E-state index < -0.39 is 21.6 Å². The van der Waals surface area contributed by atoms with Gasteiger partial charge in [-0.3, -0.25) is 9.79 Å². The molecule has 2 aromatic heterocycles. The lowest BCUT2D eigenvalue weighted by Crippen LogP contribution is -2.10. The van der Waals surface area contributed by atoms with E-state index in [2.05, 4.69) is 15.0 Å². The van der Waals surface area contributed by atoms with Gasteiger partial charge < -0.3 is 24.3 Å². The number of hydrogen-bond donors (Lipinski definition) is 2. The van der Waals surface area contributed by atoms with Gasteiger partial charge in [-0.25, -0.2) is 17.8 Å². The number of halogens is 1. The first kappa shape index (κ1) is 24.9. The van der Waals surface area contributed by atoms with Crippen LogP contribution in [0.15, 0.2) is 40.5 Å². The molecule has 0 fully saturated rings. The zero-order chi connectivity index (χ0) is 25.2. The number of nitrogens with one attached hydrogen (secondary N) is 1. The molecule has 3 aromatic rings. The van der Waals surface area contributed by atoms with Crippen molar-refractivity contribution in [3.8, 4) is 17.2 Å². The molecule has 3 heterocycles. The molecular formula is C22H22FN3O7S2. The van der Waals surface area contributed by atoms with Gasteiger partial charge in [-0.05, 0) is 18.2 Å². The summed E-state index contributed by atoms with van der Waals surface area (Å²) in [6.45, 7) is 0.786. The molecule has 2 N–H and O–H groups in total. The first-order valence-electron chi connectivity index (χ1n) is 10.4. The van der Waals surface area contributed by atoms with Crippen LogP contribution in [-0.2, 0) is 19.4 Å². The Balaban J connectivity index is 1.67. The number of nitrogens with zero attached hydrogens (tertiary/aromatic N) is 2. The molecule has 13 heteroatoms. The van der Waals surface area contributed by atoms with Gasteiger partial charge in [0, 0.05) is 30.1 Å². The van der Waals surface area contributed by atoms with Crippen LogP contribution in [0.1, 0.15) is 12.1 Å². The number of aliphatic imine (C=N–C) groups is 1. The number of carbonyl (C=O) groups is 1. The van der Waals surface area contributed by atoms with Crippen LogP contribution in [0.4, 0.5) is 4.39 Å². The number of sulfone groups is 1. The highest BCUT2D eigenvalue weighted by molar-refractivity contribution is 8.15. The second kappa shape index (κ2) is 10.2. The first-order valence-corrected chi connectivity index (χ1v) is 13.2. The van der Waals surface area contributed by atoms with Crippen LogP contribution < -0.4 is 9.47 Å². The maximum atomic E-state index is 15.5. The molecule has 0 saturated heterocycles. The predicted molar refractivity (Wildman–Crippen MR) is 128 cm³/mol. The molecule has 35 heavy (non-hydrogen) atoms. The summed E-state index contributed by atoms with van der Waals surface area (Å²) in [5, 5.41) is 9.23. The highest BCUT2D eigenvalue weighted by Gasteiger charge is 2.28. The summed E-state index contributed by atoms with van der Waals surface area (Å²) >= 11 is 1.21. The monoisotopic (exact) mass is 523 g/mol. The van der Waals surface area contributed by atoms with Gasteiger partial charge >= 0.3 is 5.97 Å². The third kappa shape index (κ3) is 5.74. The van der Waals surface area contributed by atoms with E-state index in [1.54, 1.807) is 6.07 Å². The smallest absolute Gasteiger partial charge is 0.304 e. The van der Waals surface area contributed by atoms with Gasteiger partial charge in [0.25, 0.3) is 0 Å². The average Bonchev–Trinajstić information content (AvgIpc) is 3.38. The number of hydrogen-bond acceptors (Lipinski definition) is 9. The van der Waals surface area contributed by atoms with Gasteiger partial charge in [0.1, 0.15) is 34.6 Å². The van der Waals surface area contributed by atoms with Crippen molar-refractivity contribution in [2.24, 2.45) is 4.99 Å². The number of thioether (sulfide) groups is 1. The van der Waals surface area contributed by atoms with Gasteiger partial charge in [-0.2, -0.15) is 0 Å². The topological polar surface area (TPSA) is 140 Å². The van der Waals surface area contributed by atoms with E-state index in [1.807, 2.05) is 0 Å². The van der Waals surface area contributed by atoms with E-state index in [4.69, 9.17) is 19.3 Å². The lowest BCUT2D eigenvalue weighted by atomic mass is 10.2. The number of methoxy groups -OCH3 is 1. The van der Waals surface area contributed by atoms with E-state index in [0.29, 0.717) is 22.9 Å². The number of carboxylic acids is 1. The molecular weight excluding hydrogens is 501 g/mol. The minimum absolute atomic E-state index is 0.0744. The summed E-state index contributed by atoms with van der Waals surface area (Å²) in [4.78, 5) is 22.2. The normalized spacial score (nSPS) is 15.9. The van der Waals surface area contributed by atoms with E-state index in [9.17, 15) is 13.2 Å². The van der Waals surface area contributed by atoms with Crippen molar-refractivity contribution < 1.29 is 36.9 Å². The maximum Gasteiger partial charge on any atom is 0.304 e. The Labute approximate surface area is 204 Å². The molecule has 1 unspecified atom stereocenters. The summed E-state index contributed by atoms with van der Waals surface area (Å²) < 4.78 is 55.3. The number of aromatic nitrogens is 2. The van der Waals surface area contributed by atoms with Crippen molar-refractivity contribution in [2.75, 3.05) is 33.1 Å². The minimum atomic E-state index is -3.46. The number of rotatable bonds is 10. The van der Waals surface area contributed by atoms with Crippen molar-refractivity contribution in [3.05, 3.63) is 42.0 Å². The summed E-state index contributed by atoms with van der Waals surface area (Å²) in [7, 11) is -1.93. The summed E-state index contributed by atoms with van der Waals surface area (Å²) in [6, 6.07) is 5.81. The SMILES string of the molecule is COCCOc1cc(Oc2ccc(S(C)(=O)=O)nc2)cc2c(F)c(C3=NCC(CC(=O)O)S3)[nH]c12. The molecule has 0 bridgehead atoms. The Bertz CT molecular complexity index is 1390. The molecule has 0 amide bonds. The van der Waals surface area contributed by atoms with Crippen molar-refractivity contribution in [1.82, 2.24) is 9.97 Å².